The molecule has 1 N–H and O–H groups in total. The highest BCUT2D eigenvalue weighted by Crippen LogP contribution is 2.31. The van der Waals surface area contributed by atoms with Gasteiger partial charge in [-0.2, -0.15) is 0 Å². The van der Waals surface area contributed by atoms with Crippen LogP contribution in [0.25, 0.3) is 0 Å². The first-order valence-electron chi connectivity index (χ1n) is 8.24. The highest BCUT2D eigenvalue weighted by Gasteiger charge is 2.23. The molecule has 0 spiro atoms. The number of hydrogen-bond donors (Lipinski definition) is 1. The number of nitro benzene ring substituents is 1. The minimum absolute atomic E-state index is 0.0268. The Labute approximate surface area is 149 Å². The number of rotatable bonds is 4. The van der Waals surface area contributed by atoms with Crippen LogP contribution < -0.4 is 10.2 Å². The maximum absolute atomic E-state index is 12.4. The van der Waals surface area contributed by atoms with Crippen molar-refractivity contribution in [2.75, 3.05) is 23.3 Å². The Hall–Kier alpha value is -2.48. The lowest BCUT2D eigenvalue weighted by molar-refractivity contribution is -0.384. The third kappa shape index (κ3) is 3.79. The van der Waals surface area contributed by atoms with Crippen LogP contribution in [0.5, 0.6) is 0 Å². The van der Waals surface area contributed by atoms with E-state index in [2.05, 4.69) is 10.3 Å². The molecule has 1 amide bonds. The van der Waals surface area contributed by atoms with E-state index in [1.807, 2.05) is 18.7 Å². The molecule has 0 bridgehead atoms. The van der Waals surface area contributed by atoms with Gasteiger partial charge in [0.25, 0.3) is 11.6 Å². The lowest BCUT2D eigenvalue weighted by Crippen LogP contribution is -2.30. The molecule has 1 saturated heterocycles. The van der Waals surface area contributed by atoms with Crippen LogP contribution in [0, 0.1) is 24.0 Å². The summed E-state index contributed by atoms with van der Waals surface area (Å²) >= 11 is 1.39. The zero-order valence-electron chi connectivity index (χ0n) is 14.2. The lowest BCUT2D eigenvalue weighted by Gasteiger charge is -2.28. The fourth-order valence-electron chi connectivity index (χ4n) is 2.91. The lowest BCUT2D eigenvalue weighted by atomic mass is 10.1. The van der Waals surface area contributed by atoms with Crippen LogP contribution in [0.1, 0.15) is 40.2 Å². The molecule has 1 aromatic carbocycles. The zero-order chi connectivity index (χ0) is 18.0. The van der Waals surface area contributed by atoms with Gasteiger partial charge in [0.1, 0.15) is 5.69 Å². The quantitative estimate of drug-likeness (QED) is 0.659. The molecular formula is C17H20N4O3S. The average molecular weight is 360 g/mol. The van der Waals surface area contributed by atoms with E-state index in [9.17, 15) is 14.9 Å². The molecule has 2 heterocycles. The van der Waals surface area contributed by atoms with Crippen molar-refractivity contribution in [2.45, 2.75) is 33.1 Å². The fourth-order valence-corrected chi connectivity index (χ4v) is 3.72. The first-order valence-corrected chi connectivity index (χ1v) is 9.06. The molecule has 7 nitrogen and oxygen atoms in total. The number of nitro groups is 1. The Morgan fingerprint density at radius 2 is 2.00 bits per heavy atom. The van der Waals surface area contributed by atoms with Crippen LogP contribution >= 0.6 is 11.3 Å². The molecule has 0 unspecified atom stereocenters. The monoisotopic (exact) mass is 360 g/mol. The van der Waals surface area contributed by atoms with Gasteiger partial charge < -0.3 is 4.90 Å². The number of nitrogens with one attached hydrogen (secondary N) is 1. The summed E-state index contributed by atoms with van der Waals surface area (Å²) in [6.07, 6.45) is 3.21. The van der Waals surface area contributed by atoms with Crippen LogP contribution in [0.3, 0.4) is 0 Å². The van der Waals surface area contributed by atoms with Crippen molar-refractivity contribution in [1.82, 2.24) is 4.98 Å². The van der Waals surface area contributed by atoms with Gasteiger partial charge in [0.15, 0.2) is 5.13 Å². The van der Waals surface area contributed by atoms with Crippen molar-refractivity contribution in [3.8, 4) is 0 Å². The van der Waals surface area contributed by atoms with Gasteiger partial charge in [-0.25, -0.2) is 4.98 Å². The van der Waals surface area contributed by atoms with Gasteiger partial charge in [-0.05, 0) is 45.2 Å². The molecule has 0 radical (unpaired) electrons. The molecule has 0 aliphatic carbocycles. The van der Waals surface area contributed by atoms with E-state index in [0.29, 0.717) is 10.8 Å². The molecule has 8 heteroatoms. The summed E-state index contributed by atoms with van der Waals surface area (Å²) in [5.41, 5.74) is 1.69. The Morgan fingerprint density at radius 1 is 1.28 bits per heavy atom. The molecule has 25 heavy (non-hydrogen) atoms. The summed E-state index contributed by atoms with van der Waals surface area (Å²) < 4.78 is 0. The second kappa shape index (κ2) is 7.18. The van der Waals surface area contributed by atoms with E-state index in [1.54, 1.807) is 12.1 Å². The molecular weight excluding hydrogens is 340 g/mol. The number of thiazole rings is 1. The third-order valence-electron chi connectivity index (χ3n) is 4.38. The van der Waals surface area contributed by atoms with Crippen molar-refractivity contribution in [1.29, 1.82) is 0 Å². The number of carbonyl (C=O) groups is 1. The highest BCUT2D eigenvalue weighted by molar-refractivity contribution is 7.15. The second-order valence-electron chi connectivity index (χ2n) is 6.12. The van der Waals surface area contributed by atoms with E-state index in [-0.39, 0.29) is 17.2 Å². The predicted octanol–water partition coefficient (Wildman–Crippen LogP) is 3.91. The van der Waals surface area contributed by atoms with Gasteiger partial charge >= 0.3 is 0 Å². The van der Waals surface area contributed by atoms with Gasteiger partial charge in [0.2, 0.25) is 0 Å². The summed E-state index contributed by atoms with van der Waals surface area (Å²) in [4.78, 5) is 30.8. The van der Waals surface area contributed by atoms with Gasteiger partial charge in [-0.3, -0.25) is 20.2 Å². The number of aryl methyl sites for hydroxylation is 2. The van der Waals surface area contributed by atoms with Gasteiger partial charge in [-0.15, -0.1) is 11.3 Å². The standard InChI is InChI=1S/C17H20N4O3S/c1-11-12(2)25-17(18-11)19-16(22)13-6-7-14(15(10-13)21(23)24)20-8-4-3-5-9-20/h6-7,10H,3-5,8-9H2,1-2H3,(H,18,19,22). The van der Waals surface area contributed by atoms with Crippen LogP contribution in [-0.2, 0) is 0 Å². The van der Waals surface area contributed by atoms with Crippen molar-refractivity contribution >= 4 is 33.8 Å². The van der Waals surface area contributed by atoms with Crippen LogP contribution in [0.4, 0.5) is 16.5 Å². The first-order chi connectivity index (χ1) is 12.0. The molecule has 0 atom stereocenters. The number of nitrogens with zero attached hydrogens (tertiary/aromatic N) is 3. The largest absolute Gasteiger partial charge is 0.366 e. The molecule has 2 aromatic rings. The molecule has 132 valence electrons. The SMILES string of the molecule is Cc1nc(NC(=O)c2ccc(N3CCCCC3)c([N+](=O)[O-])c2)sc1C. The molecule has 1 aromatic heterocycles. The minimum Gasteiger partial charge on any atom is -0.366 e. The predicted molar refractivity (Wildman–Crippen MR) is 98.7 cm³/mol. The number of amides is 1. The summed E-state index contributed by atoms with van der Waals surface area (Å²) in [5.74, 6) is -0.387. The van der Waals surface area contributed by atoms with Crippen molar-refractivity contribution in [2.24, 2.45) is 0 Å². The first kappa shape index (κ1) is 17.3. The van der Waals surface area contributed by atoms with E-state index in [0.717, 1.165) is 42.9 Å². The summed E-state index contributed by atoms with van der Waals surface area (Å²) in [6.45, 7) is 5.43. The van der Waals surface area contributed by atoms with Crippen LogP contribution in [-0.4, -0.2) is 28.9 Å². The van der Waals surface area contributed by atoms with Crippen LogP contribution in [0.2, 0.25) is 0 Å². The normalized spacial score (nSPS) is 14.4. The van der Waals surface area contributed by atoms with E-state index >= 15 is 0 Å². The van der Waals surface area contributed by atoms with E-state index in [4.69, 9.17) is 0 Å². The molecule has 1 fully saturated rings. The van der Waals surface area contributed by atoms with Gasteiger partial charge in [-0.1, -0.05) is 0 Å². The maximum atomic E-state index is 12.4. The van der Waals surface area contributed by atoms with Crippen molar-refractivity contribution in [3.05, 3.63) is 44.4 Å². The highest BCUT2D eigenvalue weighted by atomic mass is 32.1. The molecule has 0 saturated carbocycles. The number of piperidine rings is 1. The Morgan fingerprint density at radius 3 is 2.60 bits per heavy atom. The smallest absolute Gasteiger partial charge is 0.293 e. The Balaban J connectivity index is 1.85. The topological polar surface area (TPSA) is 88.4 Å². The van der Waals surface area contributed by atoms with Gasteiger partial charge in [0.05, 0.1) is 10.6 Å². The summed E-state index contributed by atoms with van der Waals surface area (Å²) in [7, 11) is 0. The number of aromatic nitrogens is 1. The molecule has 1 aliphatic rings. The van der Waals surface area contributed by atoms with E-state index in [1.165, 1.54) is 17.4 Å². The molecule has 3 rings (SSSR count). The Bertz CT molecular complexity index is 793. The third-order valence-corrected chi connectivity index (χ3v) is 5.37. The minimum atomic E-state index is -0.418. The Kier molecular flexibility index (Phi) is 4.98. The van der Waals surface area contributed by atoms with Crippen molar-refractivity contribution < 1.29 is 9.72 Å². The van der Waals surface area contributed by atoms with Crippen molar-refractivity contribution in [3.63, 3.8) is 0 Å². The van der Waals surface area contributed by atoms with Gasteiger partial charge in [0, 0.05) is 29.6 Å². The average Bonchev–Trinajstić information content (AvgIpc) is 2.92. The summed E-state index contributed by atoms with van der Waals surface area (Å²) in [6, 6.07) is 4.67. The fraction of sp³-hybridized carbons (Fsp3) is 0.412. The number of benzene rings is 1. The molecule has 1 aliphatic heterocycles. The number of carbonyl (C=O) groups excluding carboxylic acids is 1. The van der Waals surface area contributed by atoms with Crippen LogP contribution in [0.15, 0.2) is 18.2 Å². The maximum Gasteiger partial charge on any atom is 0.293 e. The van der Waals surface area contributed by atoms with E-state index < -0.39 is 4.92 Å². The summed E-state index contributed by atoms with van der Waals surface area (Å²) in [5, 5.41) is 14.7. The number of anilines is 2. The number of hydrogen-bond acceptors (Lipinski definition) is 6. The second-order valence-corrected chi connectivity index (χ2v) is 7.33. The zero-order valence-corrected chi connectivity index (χ0v) is 15.1.